The Morgan fingerprint density at radius 2 is 2.00 bits per heavy atom. The molecule has 0 unspecified atom stereocenters. The number of ether oxygens (including phenoxy) is 1. The summed E-state index contributed by atoms with van der Waals surface area (Å²) in [5, 5.41) is 9.29. The summed E-state index contributed by atoms with van der Waals surface area (Å²) in [7, 11) is 3.56. The van der Waals surface area contributed by atoms with Gasteiger partial charge in [-0.05, 0) is 35.4 Å². The van der Waals surface area contributed by atoms with Crippen LogP contribution in [0.25, 0.3) is 11.3 Å². The van der Waals surface area contributed by atoms with Gasteiger partial charge in [0, 0.05) is 30.2 Å². The van der Waals surface area contributed by atoms with Gasteiger partial charge in [-0.2, -0.15) is 5.26 Å². The number of halogens is 1. The molecule has 8 nitrogen and oxygen atoms in total. The van der Waals surface area contributed by atoms with E-state index in [0.717, 1.165) is 22.3 Å². The van der Waals surface area contributed by atoms with Crippen molar-refractivity contribution in [2.24, 2.45) is 0 Å². The van der Waals surface area contributed by atoms with Crippen molar-refractivity contribution in [1.29, 1.82) is 5.26 Å². The molecular weight excluding hydrogens is 518 g/mol. The molecule has 0 fully saturated rings. The van der Waals surface area contributed by atoms with Crippen LogP contribution < -0.4 is 15.1 Å². The summed E-state index contributed by atoms with van der Waals surface area (Å²) in [6.45, 7) is 0.931. The van der Waals surface area contributed by atoms with Crippen LogP contribution in [-0.2, 0) is 30.8 Å². The van der Waals surface area contributed by atoms with E-state index >= 15 is 4.39 Å². The minimum Gasteiger partial charge on any atom is -0.495 e. The number of imidazole rings is 2. The van der Waals surface area contributed by atoms with Crippen molar-refractivity contribution in [2.45, 2.75) is 26.1 Å². The van der Waals surface area contributed by atoms with Crippen molar-refractivity contribution in [3.05, 3.63) is 113 Å². The lowest BCUT2D eigenvalue weighted by Gasteiger charge is -2.23. The molecule has 6 rings (SSSR count). The molecular formula is C31H26BFN6O2. The number of aromatic nitrogens is 4. The van der Waals surface area contributed by atoms with Gasteiger partial charge in [0.15, 0.2) is 0 Å². The zero-order valence-electron chi connectivity index (χ0n) is 22.7. The highest BCUT2D eigenvalue weighted by molar-refractivity contribution is 6.35. The van der Waals surface area contributed by atoms with E-state index in [1.165, 1.54) is 13.2 Å². The average molecular weight is 544 g/mol. The molecule has 0 spiro atoms. The van der Waals surface area contributed by atoms with Crippen molar-refractivity contribution >= 4 is 24.9 Å². The highest BCUT2D eigenvalue weighted by atomic mass is 19.1. The standard InChI is InChI=1S/C31H26BFN6O2/c1-41-29-11-20(9-10-21(29)13-34)15-38-19-35-14-22(38)12-31(40)39-18-30-36-27(23-5-2-3-6-25(23)32)17-37(30)16-24-26(33)7-4-8-28(24)39/h2-11,14,17,19H,12,15-16,18,32H2,1H3. The van der Waals surface area contributed by atoms with Crippen LogP contribution in [0.2, 0.25) is 0 Å². The van der Waals surface area contributed by atoms with Crippen LogP contribution in [0.5, 0.6) is 5.75 Å². The minimum atomic E-state index is -0.362. The fraction of sp³-hybridized carbons (Fsp3) is 0.161. The Morgan fingerprint density at radius 3 is 2.80 bits per heavy atom. The smallest absolute Gasteiger partial charge is 0.233 e. The van der Waals surface area contributed by atoms with E-state index in [1.54, 1.807) is 35.6 Å². The van der Waals surface area contributed by atoms with E-state index in [0.29, 0.717) is 40.6 Å². The van der Waals surface area contributed by atoms with Gasteiger partial charge in [0.2, 0.25) is 5.91 Å². The van der Waals surface area contributed by atoms with E-state index < -0.39 is 0 Å². The maximum absolute atomic E-state index is 15.2. The normalized spacial score (nSPS) is 12.3. The average Bonchev–Trinajstić information content (AvgIpc) is 3.55. The molecule has 0 bridgehead atoms. The lowest BCUT2D eigenvalue weighted by molar-refractivity contribution is -0.118. The molecule has 1 amide bonds. The van der Waals surface area contributed by atoms with Gasteiger partial charge in [-0.3, -0.25) is 4.79 Å². The summed E-state index contributed by atoms with van der Waals surface area (Å²) in [5.74, 6) is 0.626. The summed E-state index contributed by atoms with van der Waals surface area (Å²) in [5.41, 5.74) is 5.95. The molecule has 10 heteroatoms. The van der Waals surface area contributed by atoms with Crippen LogP contribution in [0.1, 0.15) is 28.2 Å². The van der Waals surface area contributed by atoms with Gasteiger partial charge in [-0.25, -0.2) is 14.4 Å². The number of carbonyl (C=O) groups is 1. The Balaban J connectivity index is 1.31. The maximum atomic E-state index is 15.2. The number of benzene rings is 3. The molecule has 3 heterocycles. The third kappa shape index (κ3) is 4.98. The van der Waals surface area contributed by atoms with E-state index in [-0.39, 0.29) is 31.2 Å². The zero-order valence-corrected chi connectivity index (χ0v) is 22.7. The van der Waals surface area contributed by atoms with Crippen LogP contribution in [0.4, 0.5) is 10.1 Å². The molecule has 0 saturated carbocycles. The van der Waals surface area contributed by atoms with E-state index in [4.69, 9.17) is 9.72 Å². The van der Waals surface area contributed by atoms with E-state index in [2.05, 4.69) is 11.1 Å². The van der Waals surface area contributed by atoms with E-state index in [1.807, 2.05) is 59.6 Å². The van der Waals surface area contributed by atoms with Crippen molar-refractivity contribution < 1.29 is 13.9 Å². The number of methoxy groups -OCH3 is 1. The Morgan fingerprint density at radius 1 is 1.15 bits per heavy atom. The number of nitrogens with zero attached hydrogens (tertiary/aromatic N) is 6. The summed E-state index contributed by atoms with van der Waals surface area (Å²) < 4.78 is 24.3. The van der Waals surface area contributed by atoms with Gasteiger partial charge in [0.1, 0.15) is 31.3 Å². The van der Waals surface area contributed by atoms with Gasteiger partial charge in [0.05, 0.1) is 49.9 Å². The number of hydrogen-bond donors (Lipinski definition) is 0. The zero-order chi connectivity index (χ0) is 28.5. The minimum absolute atomic E-state index is 0.0642. The number of amides is 1. The SMILES string of the molecule is Bc1ccccc1-c1cn2c(n1)CN(C(=O)Cc1cncn1Cc1ccc(C#N)c(OC)c1)c1cccc(F)c1C2. The first-order valence-corrected chi connectivity index (χ1v) is 13.2. The van der Waals surface area contributed by atoms with Crippen LogP contribution >= 0.6 is 0 Å². The van der Waals surface area contributed by atoms with Crippen molar-refractivity contribution in [1.82, 2.24) is 19.1 Å². The maximum Gasteiger partial charge on any atom is 0.233 e. The summed E-state index contributed by atoms with van der Waals surface area (Å²) in [4.78, 5) is 24.7. The predicted molar refractivity (Wildman–Crippen MR) is 155 cm³/mol. The van der Waals surface area contributed by atoms with Gasteiger partial charge < -0.3 is 18.8 Å². The number of carbonyl (C=O) groups excluding carboxylic acids is 1. The summed E-state index contributed by atoms with van der Waals surface area (Å²) in [6.07, 6.45) is 5.34. The molecule has 202 valence electrons. The fourth-order valence-corrected chi connectivity index (χ4v) is 5.29. The molecule has 0 radical (unpaired) electrons. The Kier molecular flexibility index (Phi) is 6.85. The van der Waals surface area contributed by atoms with Gasteiger partial charge in [-0.15, -0.1) is 0 Å². The Hall–Kier alpha value is -5.17. The first kappa shape index (κ1) is 26.1. The molecule has 1 aliphatic heterocycles. The molecule has 1 aliphatic rings. The molecule has 3 aromatic carbocycles. The Bertz CT molecular complexity index is 1820. The third-order valence-corrected chi connectivity index (χ3v) is 7.46. The molecule has 5 aromatic rings. The van der Waals surface area contributed by atoms with Crippen LogP contribution in [0.15, 0.2) is 79.4 Å². The van der Waals surface area contributed by atoms with E-state index in [9.17, 15) is 10.1 Å². The van der Waals surface area contributed by atoms with Crippen LogP contribution in [-0.4, -0.2) is 40.0 Å². The molecule has 0 saturated heterocycles. The van der Waals surface area contributed by atoms with Crippen molar-refractivity contribution in [3.8, 4) is 23.1 Å². The van der Waals surface area contributed by atoms with Crippen LogP contribution in [0, 0.1) is 17.1 Å². The lowest BCUT2D eigenvalue weighted by Crippen LogP contribution is -2.33. The lowest BCUT2D eigenvalue weighted by atomic mass is 9.89. The largest absolute Gasteiger partial charge is 0.495 e. The molecule has 0 aliphatic carbocycles. The third-order valence-electron chi connectivity index (χ3n) is 7.46. The van der Waals surface area contributed by atoms with Crippen LogP contribution in [0.3, 0.4) is 0 Å². The second-order valence-electron chi connectivity index (χ2n) is 10.0. The number of rotatable bonds is 6. The molecule has 41 heavy (non-hydrogen) atoms. The molecule has 0 N–H and O–H groups in total. The Labute approximate surface area is 237 Å². The monoisotopic (exact) mass is 544 g/mol. The quantitative estimate of drug-likeness (QED) is 0.307. The van der Waals surface area contributed by atoms with Crippen molar-refractivity contribution in [3.63, 3.8) is 0 Å². The first-order valence-electron chi connectivity index (χ1n) is 13.2. The first-order chi connectivity index (χ1) is 19.9. The second kappa shape index (κ2) is 10.8. The highest BCUT2D eigenvalue weighted by Crippen LogP contribution is 2.31. The second-order valence-corrected chi connectivity index (χ2v) is 10.0. The molecule has 2 aromatic heterocycles. The van der Waals surface area contributed by atoms with Gasteiger partial charge in [0.25, 0.3) is 0 Å². The number of hydrogen-bond acceptors (Lipinski definition) is 5. The topological polar surface area (TPSA) is 89.0 Å². The van der Waals surface area contributed by atoms with Crippen molar-refractivity contribution in [2.75, 3.05) is 12.0 Å². The number of nitriles is 1. The highest BCUT2D eigenvalue weighted by Gasteiger charge is 2.28. The summed E-state index contributed by atoms with van der Waals surface area (Å²) in [6, 6.07) is 20.3. The van der Waals surface area contributed by atoms with Gasteiger partial charge >= 0.3 is 0 Å². The summed E-state index contributed by atoms with van der Waals surface area (Å²) >= 11 is 0. The predicted octanol–water partition coefficient (Wildman–Crippen LogP) is 3.21. The number of anilines is 1. The number of fused-ring (bicyclic) bond motifs is 2. The van der Waals surface area contributed by atoms with Gasteiger partial charge in [-0.1, -0.05) is 41.9 Å². The fourth-order valence-electron chi connectivity index (χ4n) is 5.29. The molecule has 0 atom stereocenters.